The van der Waals surface area contributed by atoms with Crippen molar-refractivity contribution in [3.63, 3.8) is 0 Å². The van der Waals surface area contributed by atoms with E-state index in [1.54, 1.807) is 42.5 Å². The molecule has 1 atom stereocenters. The molecule has 0 aromatic heterocycles. The summed E-state index contributed by atoms with van der Waals surface area (Å²) in [5.41, 5.74) is 1.43. The van der Waals surface area contributed by atoms with Gasteiger partial charge in [0.25, 0.3) is 5.09 Å². The topological polar surface area (TPSA) is 153 Å². The maximum Gasteiger partial charge on any atom is 0.344 e. The molecule has 1 aliphatic heterocycles. The van der Waals surface area contributed by atoms with E-state index in [9.17, 15) is 24.5 Å². The fraction of sp³-hybridized carbons (Fsp3) is 0.469. The van der Waals surface area contributed by atoms with E-state index in [2.05, 4.69) is 4.84 Å². The molecule has 3 rings (SSSR count). The van der Waals surface area contributed by atoms with Crippen LogP contribution in [0.2, 0.25) is 0 Å². The van der Waals surface area contributed by atoms with E-state index in [0.717, 1.165) is 12.8 Å². The molecule has 1 fully saturated rings. The summed E-state index contributed by atoms with van der Waals surface area (Å²) in [6, 6.07) is 11.7. The largest absolute Gasteiger partial charge is 0.493 e. The highest BCUT2D eigenvalue weighted by molar-refractivity contribution is 5.93. The van der Waals surface area contributed by atoms with Crippen LogP contribution in [0.1, 0.15) is 66.6 Å². The molecule has 0 amide bonds. The standard InChI is InChI=1S/C32H40N2O11/c1-3-4-11-27(44-31(36)23-33-16-20-41-21-17-33)25-9-5-6-10-26(25)32(37)45-28-14-12-24(22-29(28)40-2)13-15-30(35)42-18-7-8-19-43-34(38)39/h5-6,9-10,12-15,22,27H,3-4,7-8,11,16-21,23H2,1-2H3/b15-13+/t27-/m1/s1. The van der Waals surface area contributed by atoms with E-state index in [1.807, 2.05) is 11.8 Å². The lowest BCUT2D eigenvalue weighted by atomic mass is 9.98. The number of esters is 3. The van der Waals surface area contributed by atoms with Crippen LogP contribution in [0.4, 0.5) is 0 Å². The average molecular weight is 629 g/mol. The van der Waals surface area contributed by atoms with Crippen molar-refractivity contribution >= 4 is 24.0 Å². The monoisotopic (exact) mass is 628 g/mol. The summed E-state index contributed by atoms with van der Waals surface area (Å²) in [6.45, 7) is 4.68. The van der Waals surface area contributed by atoms with Gasteiger partial charge in [-0.2, -0.15) is 0 Å². The first-order valence-electron chi connectivity index (χ1n) is 14.9. The molecule has 0 saturated carbocycles. The number of carbonyl (C=O) groups is 3. The number of morpholine rings is 1. The van der Waals surface area contributed by atoms with E-state index >= 15 is 0 Å². The Kier molecular flexibility index (Phi) is 14.8. The van der Waals surface area contributed by atoms with Crippen LogP contribution in [-0.2, 0) is 28.6 Å². The minimum atomic E-state index is -0.869. The third-order valence-corrected chi connectivity index (χ3v) is 6.86. The molecule has 0 aliphatic carbocycles. The van der Waals surface area contributed by atoms with Crippen molar-refractivity contribution in [2.45, 2.75) is 45.1 Å². The van der Waals surface area contributed by atoms with Crippen molar-refractivity contribution in [3.8, 4) is 11.5 Å². The summed E-state index contributed by atoms with van der Waals surface area (Å²) in [5.74, 6) is -1.15. The first-order chi connectivity index (χ1) is 21.8. The van der Waals surface area contributed by atoms with Gasteiger partial charge >= 0.3 is 17.9 Å². The van der Waals surface area contributed by atoms with Gasteiger partial charge in [0.1, 0.15) is 6.10 Å². The molecule has 1 aliphatic rings. The lowest BCUT2D eigenvalue weighted by Gasteiger charge is -2.27. The molecule has 2 aromatic carbocycles. The number of unbranched alkanes of at least 4 members (excludes halogenated alkanes) is 2. The van der Waals surface area contributed by atoms with E-state index < -0.39 is 23.1 Å². The highest BCUT2D eigenvalue weighted by Crippen LogP contribution is 2.32. The molecule has 0 spiro atoms. The molecule has 0 unspecified atom stereocenters. The Balaban J connectivity index is 1.64. The third-order valence-electron chi connectivity index (χ3n) is 6.86. The number of hydrogen-bond acceptors (Lipinski definition) is 12. The number of ether oxygens (including phenoxy) is 5. The van der Waals surface area contributed by atoms with Crippen LogP contribution < -0.4 is 9.47 Å². The molecule has 0 bridgehead atoms. The number of nitrogens with zero attached hydrogens (tertiary/aromatic N) is 2. The summed E-state index contributed by atoms with van der Waals surface area (Å²) < 4.78 is 27.5. The predicted molar refractivity (Wildman–Crippen MR) is 162 cm³/mol. The first-order valence-corrected chi connectivity index (χ1v) is 14.9. The van der Waals surface area contributed by atoms with E-state index in [0.29, 0.717) is 56.7 Å². The number of hydrogen-bond donors (Lipinski definition) is 0. The lowest BCUT2D eigenvalue weighted by molar-refractivity contribution is -0.757. The maximum atomic E-state index is 13.4. The van der Waals surface area contributed by atoms with Crippen LogP contribution >= 0.6 is 0 Å². The molecule has 2 aromatic rings. The zero-order chi connectivity index (χ0) is 32.4. The molecule has 0 N–H and O–H groups in total. The normalized spacial score (nSPS) is 14.0. The van der Waals surface area contributed by atoms with Gasteiger partial charge in [0.15, 0.2) is 11.5 Å². The van der Waals surface area contributed by atoms with Crippen molar-refractivity contribution in [3.05, 3.63) is 75.3 Å². The Morgan fingerprint density at radius 3 is 2.53 bits per heavy atom. The molecule has 13 nitrogen and oxygen atoms in total. The van der Waals surface area contributed by atoms with Gasteiger partial charge in [-0.1, -0.05) is 37.6 Å². The van der Waals surface area contributed by atoms with Gasteiger partial charge in [-0.05, 0) is 55.5 Å². The lowest BCUT2D eigenvalue weighted by Crippen LogP contribution is -2.40. The van der Waals surface area contributed by atoms with Gasteiger partial charge in [0.2, 0.25) is 0 Å². The average Bonchev–Trinajstić information content (AvgIpc) is 3.04. The molecular weight excluding hydrogens is 588 g/mol. The first kappa shape index (κ1) is 35.0. The molecule has 13 heteroatoms. The smallest absolute Gasteiger partial charge is 0.344 e. The van der Waals surface area contributed by atoms with Crippen molar-refractivity contribution in [2.24, 2.45) is 0 Å². The predicted octanol–water partition coefficient (Wildman–Crippen LogP) is 4.57. The SMILES string of the molecule is CCCC[C@@H](OC(=O)CN1CCOCC1)c1ccccc1C(=O)Oc1ccc(/C=C/C(=O)OCCCCO[N+](=O)[O-])cc1OC. The summed E-state index contributed by atoms with van der Waals surface area (Å²) in [7, 11) is 1.43. The summed E-state index contributed by atoms with van der Waals surface area (Å²) in [4.78, 5) is 54.6. The minimum absolute atomic E-state index is 0.0645. The van der Waals surface area contributed by atoms with Crippen molar-refractivity contribution in [1.82, 2.24) is 4.90 Å². The van der Waals surface area contributed by atoms with Gasteiger partial charge in [0, 0.05) is 24.7 Å². The number of methoxy groups -OCH3 is 1. The van der Waals surface area contributed by atoms with Gasteiger partial charge in [-0.3, -0.25) is 9.69 Å². The Bertz CT molecular complexity index is 1310. The van der Waals surface area contributed by atoms with E-state index in [-0.39, 0.29) is 42.8 Å². The van der Waals surface area contributed by atoms with Crippen LogP contribution in [0.3, 0.4) is 0 Å². The van der Waals surface area contributed by atoms with Gasteiger partial charge < -0.3 is 28.5 Å². The summed E-state index contributed by atoms with van der Waals surface area (Å²) >= 11 is 0. The summed E-state index contributed by atoms with van der Waals surface area (Å²) in [6.07, 6.45) is 5.17. The number of rotatable bonds is 18. The van der Waals surface area contributed by atoms with Gasteiger partial charge in [-0.25, -0.2) is 9.59 Å². The van der Waals surface area contributed by atoms with Crippen molar-refractivity contribution in [2.75, 3.05) is 53.2 Å². The second-order valence-electron chi connectivity index (χ2n) is 10.2. The molecule has 0 radical (unpaired) electrons. The molecule has 1 heterocycles. The van der Waals surface area contributed by atoms with Crippen molar-refractivity contribution in [1.29, 1.82) is 0 Å². The third kappa shape index (κ3) is 12.2. The zero-order valence-corrected chi connectivity index (χ0v) is 25.6. The Hall–Kier alpha value is -4.49. The Morgan fingerprint density at radius 2 is 1.80 bits per heavy atom. The molecule has 1 saturated heterocycles. The highest BCUT2D eigenvalue weighted by Gasteiger charge is 2.25. The van der Waals surface area contributed by atoms with Crippen LogP contribution in [0, 0.1) is 10.1 Å². The van der Waals surface area contributed by atoms with Crippen LogP contribution in [0.25, 0.3) is 6.08 Å². The fourth-order valence-corrected chi connectivity index (χ4v) is 4.52. The quantitative estimate of drug-likeness (QED) is 0.0568. The maximum absolute atomic E-state index is 13.4. The fourth-order valence-electron chi connectivity index (χ4n) is 4.52. The van der Waals surface area contributed by atoms with Crippen LogP contribution in [0.15, 0.2) is 48.5 Å². The Labute approximate surface area is 262 Å². The molecular formula is C32H40N2O11. The van der Waals surface area contributed by atoms with E-state index in [1.165, 1.54) is 19.3 Å². The highest BCUT2D eigenvalue weighted by atomic mass is 16.9. The second kappa shape index (κ2) is 19.0. The minimum Gasteiger partial charge on any atom is -0.493 e. The number of benzene rings is 2. The van der Waals surface area contributed by atoms with Crippen LogP contribution in [-0.4, -0.2) is 81.1 Å². The zero-order valence-electron chi connectivity index (χ0n) is 25.6. The molecule has 244 valence electrons. The van der Waals surface area contributed by atoms with E-state index in [4.69, 9.17) is 23.7 Å². The molecule has 45 heavy (non-hydrogen) atoms. The summed E-state index contributed by atoms with van der Waals surface area (Å²) in [5, 5.41) is 9.27. The van der Waals surface area contributed by atoms with Crippen LogP contribution in [0.5, 0.6) is 11.5 Å². The van der Waals surface area contributed by atoms with Gasteiger partial charge in [0.05, 0.1) is 45.6 Å². The second-order valence-corrected chi connectivity index (χ2v) is 10.2. The number of carbonyl (C=O) groups excluding carboxylic acids is 3. The van der Waals surface area contributed by atoms with Gasteiger partial charge in [-0.15, -0.1) is 10.1 Å². The van der Waals surface area contributed by atoms with Crippen molar-refractivity contribution < 1.29 is 48.0 Å². The Morgan fingerprint density at radius 1 is 1.04 bits per heavy atom.